The van der Waals surface area contributed by atoms with Crippen molar-refractivity contribution in [2.24, 2.45) is 5.92 Å². The maximum absolute atomic E-state index is 12.9. The monoisotopic (exact) mass is 419 g/mol. The number of carbonyl (C=O) groups is 3. The molecule has 2 aromatic rings. The molecule has 0 spiro atoms. The second kappa shape index (κ2) is 9.20. The average molecular weight is 420 g/mol. The number of nitrogens with one attached hydrogen (secondary N) is 2. The highest BCUT2D eigenvalue weighted by molar-refractivity contribution is 8.01. The van der Waals surface area contributed by atoms with Crippen LogP contribution in [-0.2, 0) is 4.79 Å². The number of benzene rings is 1. The minimum atomic E-state index is -0.913. The average Bonchev–Trinajstić information content (AvgIpc) is 3.33. The number of anilines is 2. The number of nitrogens with zero attached hydrogens (tertiary/aromatic N) is 1. The Hall–Kier alpha value is -2.39. The van der Waals surface area contributed by atoms with Gasteiger partial charge in [-0.3, -0.25) is 14.9 Å². The maximum atomic E-state index is 12.9. The number of Topliss-reactive ketones (excluding diaryl/α,β-unsaturated/α-hetero) is 1. The van der Waals surface area contributed by atoms with Gasteiger partial charge in [0.1, 0.15) is 0 Å². The molecule has 1 aromatic carbocycles. The summed E-state index contributed by atoms with van der Waals surface area (Å²) in [4.78, 5) is 39.9. The van der Waals surface area contributed by atoms with Crippen LogP contribution in [0.5, 0.6) is 0 Å². The summed E-state index contributed by atoms with van der Waals surface area (Å²) >= 11 is 2.34. The van der Waals surface area contributed by atoms with Gasteiger partial charge < -0.3 is 10.4 Å². The molecule has 1 saturated carbocycles. The van der Waals surface area contributed by atoms with Crippen LogP contribution in [0.1, 0.15) is 41.6 Å². The third-order valence-corrected chi connectivity index (χ3v) is 6.55. The fourth-order valence-electron chi connectivity index (χ4n) is 3.15. The highest BCUT2D eigenvalue weighted by atomic mass is 32.2. The summed E-state index contributed by atoms with van der Waals surface area (Å²) in [6, 6.07) is 4.92. The number of hydrogen-bond donors (Lipinski definition) is 3. The summed E-state index contributed by atoms with van der Waals surface area (Å²) in [6.07, 6.45) is 5.45. The number of carboxylic acids is 1. The number of carboxylic acid groups (broad SMARTS) is 1. The Morgan fingerprint density at radius 2 is 2.00 bits per heavy atom. The minimum absolute atomic E-state index is 0.0261. The molecule has 28 heavy (non-hydrogen) atoms. The molecule has 1 aliphatic rings. The summed E-state index contributed by atoms with van der Waals surface area (Å²) < 4.78 is 0.699. The molecule has 0 aliphatic heterocycles. The number of amides is 2. The lowest BCUT2D eigenvalue weighted by Gasteiger charge is -2.14. The first-order valence-corrected chi connectivity index (χ1v) is 10.8. The second-order valence-electron chi connectivity index (χ2n) is 6.64. The van der Waals surface area contributed by atoms with E-state index in [1.807, 2.05) is 19.1 Å². The van der Waals surface area contributed by atoms with Crippen molar-refractivity contribution in [3.63, 3.8) is 0 Å². The van der Waals surface area contributed by atoms with Crippen molar-refractivity contribution in [2.75, 3.05) is 16.4 Å². The minimum Gasteiger partial charge on any atom is -0.481 e. The van der Waals surface area contributed by atoms with Gasteiger partial charge in [-0.15, -0.1) is 11.8 Å². The molecule has 0 saturated heterocycles. The molecule has 0 radical (unpaired) electrons. The van der Waals surface area contributed by atoms with E-state index >= 15 is 0 Å². The fourth-order valence-corrected chi connectivity index (χ4v) is 4.73. The number of ketones is 1. The molecule has 0 unspecified atom stereocenters. The summed E-state index contributed by atoms with van der Waals surface area (Å²) in [5.74, 6) is -0.870. The van der Waals surface area contributed by atoms with E-state index in [0.29, 0.717) is 20.6 Å². The predicted molar refractivity (Wildman–Crippen MR) is 111 cm³/mol. The Balaban J connectivity index is 1.67. The lowest BCUT2D eigenvalue weighted by atomic mass is 9.94. The predicted octanol–water partition coefficient (Wildman–Crippen LogP) is 4.65. The Kier molecular flexibility index (Phi) is 6.69. The molecule has 0 bridgehead atoms. The Morgan fingerprint density at radius 3 is 2.71 bits per heavy atom. The van der Waals surface area contributed by atoms with Gasteiger partial charge in [-0.25, -0.2) is 9.78 Å². The summed E-state index contributed by atoms with van der Waals surface area (Å²) in [5, 5.41) is 14.5. The molecular formula is C19H21N3O4S2. The van der Waals surface area contributed by atoms with Crippen molar-refractivity contribution in [3.8, 4) is 0 Å². The molecule has 3 rings (SSSR count). The van der Waals surface area contributed by atoms with Crippen LogP contribution in [0.2, 0.25) is 0 Å². The van der Waals surface area contributed by atoms with E-state index in [1.54, 1.807) is 6.07 Å². The van der Waals surface area contributed by atoms with Crippen LogP contribution < -0.4 is 10.6 Å². The molecule has 3 N–H and O–H groups in total. The number of rotatable bonds is 7. The standard InChI is InChI=1S/C19H21N3O4S2/c1-11-6-7-14(13(8-11)17(25)12-4-2-3-5-12)21-18(26)22-19-20-9-16(28-19)27-10-15(23)24/h6-9,12H,2-5,10H2,1H3,(H,23,24)(H2,20,21,22,26). The van der Waals surface area contributed by atoms with Gasteiger partial charge in [0, 0.05) is 11.5 Å². The first-order valence-electron chi connectivity index (χ1n) is 8.95. The number of thioether (sulfide) groups is 1. The third-order valence-electron chi connectivity index (χ3n) is 4.46. The van der Waals surface area contributed by atoms with E-state index in [1.165, 1.54) is 17.5 Å². The van der Waals surface area contributed by atoms with Gasteiger partial charge in [-0.1, -0.05) is 35.8 Å². The van der Waals surface area contributed by atoms with Crippen molar-refractivity contribution in [1.29, 1.82) is 0 Å². The zero-order chi connectivity index (χ0) is 20.1. The van der Waals surface area contributed by atoms with E-state index in [0.717, 1.165) is 43.0 Å². The molecule has 1 heterocycles. The number of aliphatic carboxylic acids is 1. The van der Waals surface area contributed by atoms with Gasteiger partial charge in [0.2, 0.25) is 0 Å². The van der Waals surface area contributed by atoms with E-state index < -0.39 is 12.0 Å². The first-order chi connectivity index (χ1) is 13.4. The zero-order valence-electron chi connectivity index (χ0n) is 15.4. The van der Waals surface area contributed by atoms with E-state index in [-0.39, 0.29) is 17.5 Å². The maximum Gasteiger partial charge on any atom is 0.325 e. The topological polar surface area (TPSA) is 108 Å². The molecule has 1 aliphatic carbocycles. The zero-order valence-corrected chi connectivity index (χ0v) is 17.0. The lowest BCUT2D eigenvalue weighted by molar-refractivity contribution is -0.133. The quantitative estimate of drug-likeness (QED) is 0.445. The Bertz CT molecular complexity index is 891. The number of hydrogen-bond acceptors (Lipinski definition) is 6. The molecule has 2 amide bonds. The van der Waals surface area contributed by atoms with Gasteiger partial charge in [0.15, 0.2) is 10.9 Å². The molecule has 1 fully saturated rings. The summed E-state index contributed by atoms with van der Waals surface area (Å²) in [7, 11) is 0. The largest absolute Gasteiger partial charge is 0.481 e. The Labute approximate surface area is 170 Å². The van der Waals surface area contributed by atoms with E-state index in [2.05, 4.69) is 15.6 Å². The highest BCUT2D eigenvalue weighted by Crippen LogP contribution is 2.31. The molecule has 1 aromatic heterocycles. The van der Waals surface area contributed by atoms with Gasteiger partial charge in [-0.2, -0.15) is 0 Å². The molecule has 7 nitrogen and oxygen atoms in total. The van der Waals surface area contributed by atoms with Gasteiger partial charge >= 0.3 is 12.0 Å². The summed E-state index contributed by atoms with van der Waals surface area (Å²) in [6.45, 7) is 1.92. The van der Waals surface area contributed by atoms with Crippen molar-refractivity contribution in [2.45, 2.75) is 36.8 Å². The van der Waals surface area contributed by atoms with Gasteiger partial charge in [0.25, 0.3) is 0 Å². The normalized spacial score (nSPS) is 14.0. The fraction of sp³-hybridized carbons (Fsp3) is 0.368. The molecular weight excluding hydrogens is 398 g/mol. The van der Waals surface area contributed by atoms with Crippen molar-refractivity contribution in [1.82, 2.24) is 4.98 Å². The van der Waals surface area contributed by atoms with E-state index in [9.17, 15) is 14.4 Å². The van der Waals surface area contributed by atoms with Crippen LogP contribution in [-0.4, -0.2) is 33.6 Å². The van der Waals surface area contributed by atoms with Crippen molar-refractivity contribution >= 4 is 51.7 Å². The van der Waals surface area contributed by atoms with Crippen molar-refractivity contribution in [3.05, 3.63) is 35.5 Å². The SMILES string of the molecule is Cc1ccc(NC(=O)Nc2ncc(SCC(=O)O)s2)c(C(=O)C2CCCC2)c1. The van der Waals surface area contributed by atoms with Crippen LogP contribution >= 0.6 is 23.1 Å². The highest BCUT2D eigenvalue weighted by Gasteiger charge is 2.26. The Morgan fingerprint density at radius 1 is 1.25 bits per heavy atom. The van der Waals surface area contributed by atoms with E-state index in [4.69, 9.17) is 5.11 Å². The van der Waals surface area contributed by atoms with Crippen LogP contribution in [0.4, 0.5) is 15.6 Å². The van der Waals surface area contributed by atoms with Gasteiger partial charge in [-0.05, 0) is 31.9 Å². The number of aryl methyl sites for hydroxylation is 1. The van der Waals surface area contributed by atoms with Crippen LogP contribution in [0.15, 0.2) is 28.6 Å². The molecule has 148 valence electrons. The number of carbonyl (C=O) groups excluding carboxylic acids is 2. The number of aromatic nitrogens is 1. The first kappa shape index (κ1) is 20.3. The van der Waals surface area contributed by atoms with Crippen LogP contribution in [0, 0.1) is 12.8 Å². The number of thiazole rings is 1. The van der Waals surface area contributed by atoms with Crippen molar-refractivity contribution < 1.29 is 19.5 Å². The molecule has 0 atom stereocenters. The van der Waals surface area contributed by atoms with Crippen LogP contribution in [0.25, 0.3) is 0 Å². The lowest BCUT2D eigenvalue weighted by Crippen LogP contribution is -2.22. The summed E-state index contributed by atoms with van der Waals surface area (Å²) in [5.41, 5.74) is 1.99. The smallest absolute Gasteiger partial charge is 0.325 e. The molecule has 9 heteroatoms. The third kappa shape index (κ3) is 5.32. The van der Waals surface area contributed by atoms with Gasteiger partial charge in [0.05, 0.1) is 21.8 Å². The second-order valence-corrected chi connectivity index (χ2v) is 8.95. The van der Waals surface area contributed by atoms with Crippen LogP contribution in [0.3, 0.4) is 0 Å². The number of urea groups is 1.